The summed E-state index contributed by atoms with van der Waals surface area (Å²) in [5.74, 6) is -1.35. The van der Waals surface area contributed by atoms with Crippen LogP contribution in [-0.4, -0.2) is 33.9 Å². The Labute approximate surface area is 149 Å². The largest absolute Gasteiger partial charge is 0.481 e. The Balaban J connectivity index is 2.49. The first-order chi connectivity index (χ1) is 12.0. The van der Waals surface area contributed by atoms with Gasteiger partial charge in [-0.2, -0.15) is 0 Å². The van der Waals surface area contributed by atoms with Crippen molar-refractivity contribution in [3.05, 3.63) is 24.3 Å². The van der Waals surface area contributed by atoms with E-state index in [0.29, 0.717) is 25.7 Å². The predicted octanol–water partition coefficient (Wildman–Crippen LogP) is 3.46. The number of unbranched alkanes of at least 4 members (excludes halogenated alkanes) is 3. The maximum atomic E-state index is 12.1. The maximum Gasteiger partial charge on any atom is 0.303 e. The van der Waals surface area contributed by atoms with Crippen molar-refractivity contribution in [2.24, 2.45) is 11.8 Å². The van der Waals surface area contributed by atoms with Gasteiger partial charge < -0.3 is 10.2 Å². The fourth-order valence-corrected chi connectivity index (χ4v) is 3.11. The van der Waals surface area contributed by atoms with Gasteiger partial charge >= 0.3 is 5.97 Å². The van der Waals surface area contributed by atoms with Crippen molar-refractivity contribution in [2.75, 3.05) is 0 Å². The third kappa shape index (κ3) is 8.25. The number of hydrogen-bond donors (Lipinski definition) is 2. The molecule has 1 rings (SSSR count). The Morgan fingerprint density at radius 1 is 1.16 bits per heavy atom. The van der Waals surface area contributed by atoms with Crippen LogP contribution in [0.2, 0.25) is 0 Å². The molecule has 0 amide bonds. The summed E-state index contributed by atoms with van der Waals surface area (Å²) in [6, 6.07) is 0. The first-order valence-corrected chi connectivity index (χ1v) is 9.24. The summed E-state index contributed by atoms with van der Waals surface area (Å²) in [5.41, 5.74) is 0. The summed E-state index contributed by atoms with van der Waals surface area (Å²) in [6.45, 7) is 2.08. The molecule has 0 heterocycles. The molecule has 140 valence electrons. The summed E-state index contributed by atoms with van der Waals surface area (Å²) < 4.78 is 0. The summed E-state index contributed by atoms with van der Waals surface area (Å²) >= 11 is 0. The molecule has 5 heteroatoms. The summed E-state index contributed by atoms with van der Waals surface area (Å²) in [4.78, 5) is 34.4. The third-order valence-electron chi connectivity index (χ3n) is 4.58. The van der Waals surface area contributed by atoms with Gasteiger partial charge in [0.15, 0.2) is 5.78 Å². The molecule has 3 atom stereocenters. The molecule has 0 radical (unpaired) electrons. The molecule has 5 nitrogen and oxygen atoms in total. The van der Waals surface area contributed by atoms with E-state index in [1.54, 1.807) is 6.08 Å². The number of ketones is 2. The van der Waals surface area contributed by atoms with Gasteiger partial charge in [0.2, 0.25) is 0 Å². The minimum absolute atomic E-state index is 0.0239. The van der Waals surface area contributed by atoms with Crippen LogP contribution in [0.1, 0.15) is 64.7 Å². The van der Waals surface area contributed by atoms with E-state index in [1.807, 2.05) is 12.2 Å². The number of aliphatic hydroxyl groups is 1. The molecular weight excluding hydrogens is 320 g/mol. The number of Topliss-reactive ketones (excluding diaryl/α,β-unsaturated/α-hetero) is 1. The van der Waals surface area contributed by atoms with Gasteiger partial charge in [-0.1, -0.05) is 38.0 Å². The van der Waals surface area contributed by atoms with Crippen LogP contribution in [-0.2, 0) is 14.4 Å². The summed E-state index contributed by atoms with van der Waals surface area (Å²) in [5, 5.41) is 18.7. The Hall–Kier alpha value is -1.75. The SMILES string of the molecule is CCCCCC(=O)/C=C/C1[C@H](O)CC(=O)[C@@H]1C/C=C\CCCC(=O)O. The molecule has 0 saturated heterocycles. The molecule has 2 N–H and O–H groups in total. The van der Waals surface area contributed by atoms with Crippen molar-refractivity contribution < 1.29 is 24.6 Å². The molecule has 0 aromatic rings. The van der Waals surface area contributed by atoms with Gasteiger partial charge in [-0.15, -0.1) is 0 Å². The number of aliphatic carboxylic acids is 1. The van der Waals surface area contributed by atoms with Gasteiger partial charge in [-0.05, 0) is 31.8 Å². The fourth-order valence-electron chi connectivity index (χ4n) is 3.11. The van der Waals surface area contributed by atoms with E-state index in [1.165, 1.54) is 6.08 Å². The van der Waals surface area contributed by atoms with E-state index >= 15 is 0 Å². The normalized spacial score (nSPS) is 23.8. The molecule has 1 saturated carbocycles. The van der Waals surface area contributed by atoms with Gasteiger partial charge in [-0.3, -0.25) is 14.4 Å². The van der Waals surface area contributed by atoms with Crippen molar-refractivity contribution in [3.8, 4) is 0 Å². The van der Waals surface area contributed by atoms with Gasteiger partial charge in [0, 0.05) is 31.1 Å². The molecule has 0 aromatic heterocycles. The molecule has 1 unspecified atom stereocenters. The smallest absolute Gasteiger partial charge is 0.303 e. The molecule has 1 aliphatic rings. The summed E-state index contributed by atoms with van der Waals surface area (Å²) in [7, 11) is 0. The lowest BCUT2D eigenvalue weighted by atomic mass is 9.90. The van der Waals surface area contributed by atoms with E-state index in [9.17, 15) is 19.5 Å². The number of carboxylic acid groups (broad SMARTS) is 1. The zero-order valence-corrected chi connectivity index (χ0v) is 15.0. The van der Waals surface area contributed by atoms with Crippen LogP contribution >= 0.6 is 0 Å². The van der Waals surface area contributed by atoms with Gasteiger partial charge in [0.1, 0.15) is 5.78 Å². The van der Waals surface area contributed by atoms with Crippen LogP contribution in [0.3, 0.4) is 0 Å². The predicted molar refractivity (Wildman–Crippen MR) is 96.1 cm³/mol. The topological polar surface area (TPSA) is 91.7 Å². The van der Waals surface area contributed by atoms with Crippen LogP contribution in [0.4, 0.5) is 0 Å². The molecule has 0 spiro atoms. The highest BCUT2D eigenvalue weighted by molar-refractivity contribution is 5.90. The minimum atomic E-state index is -0.809. The average Bonchev–Trinajstić information content (AvgIpc) is 2.82. The number of carbonyl (C=O) groups is 3. The summed E-state index contributed by atoms with van der Waals surface area (Å²) in [6.07, 6.45) is 11.8. The average molecular weight is 350 g/mol. The Kier molecular flexibility index (Phi) is 10.0. The van der Waals surface area contributed by atoms with Gasteiger partial charge in [0.05, 0.1) is 6.10 Å². The first kappa shape index (κ1) is 21.3. The second-order valence-corrected chi connectivity index (χ2v) is 6.70. The van der Waals surface area contributed by atoms with Gasteiger partial charge in [0.25, 0.3) is 0 Å². The van der Waals surface area contributed by atoms with Crippen LogP contribution in [0.25, 0.3) is 0 Å². The lowest BCUT2D eigenvalue weighted by Gasteiger charge is -2.15. The van der Waals surface area contributed by atoms with Crippen molar-refractivity contribution in [1.29, 1.82) is 0 Å². The number of aliphatic hydroxyl groups excluding tert-OH is 1. The number of allylic oxidation sites excluding steroid dienone is 3. The zero-order chi connectivity index (χ0) is 18.7. The highest BCUT2D eigenvalue weighted by Crippen LogP contribution is 2.33. The highest BCUT2D eigenvalue weighted by Gasteiger charge is 2.39. The van der Waals surface area contributed by atoms with Crippen LogP contribution in [0.15, 0.2) is 24.3 Å². The number of carbonyl (C=O) groups excluding carboxylic acids is 2. The Morgan fingerprint density at radius 3 is 2.60 bits per heavy atom. The highest BCUT2D eigenvalue weighted by atomic mass is 16.4. The van der Waals surface area contributed by atoms with Crippen LogP contribution in [0.5, 0.6) is 0 Å². The Morgan fingerprint density at radius 2 is 1.92 bits per heavy atom. The minimum Gasteiger partial charge on any atom is -0.481 e. The molecule has 25 heavy (non-hydrogen) atoms. The van der Waals surface area contributed by atoms with Crippen molar-refractivity contribution in [3.63, 3.8) is 0 Å². The Bertz CT molecular complexity index is 506. The van der Waals surface area contributed by atoms with Crippen LogP contribution < -0.4 is 0 Å². The maximum absolute atomic E-state index is 12.1. The quantitative estimate of drug-likeness (QED) is 0.319. The van der Waals surface area contributed by atoms with E-state index < -0.39 is 12.1 Å². The molecular formula is C20H30O5. The van der Waals surface area contributed by atoms with E-state index in [2.05, 4.69) is 6.92 Å². The van der Waals surface area contributed by atoms with E-state index in [4.69, 9.17) is 5.11 Å². The molecule has 0 aromatic carbocycles. The number of carboxylic acids is 1. The zero-order valence-electron chi connectivity index (χ0n) is 15.0. The van der Waals surface area contributed by atoms with E-state index in [-0.39, 0.29) is 36.2 Å². The monoisotopic (exact) mass is 350 g/mol. The second kappa shape index (κ2) is 11.7. The molecule has 1 fully saturated rings. The molecule has 1 aliphatic carbocycles. The van der Waals surface area contributed by atoms with Crippen molar-refractivity contribution in [1.82, 2.24) is 0 Å². The van der Waals surface area contributed by atoms with E-state index in [0.717, 1.165) is 19.3 Å². The first-order valence-electron chi connectivity index (χ1n) is 9.24. The molecule has 0 bridgehead atoms. The second-order valence-electron chi connectivity index (χ2n) is 6.70. The fraction of sp³-hybridized carbons (Fsp3) is 0.650. The van der Waals surface area contributed by atoms with Gasteiger partial charge in [-0.25, -0.2) is 0 Å². The van der Waals surface area contributed by atoms with Crippen molar-refractivity contribution >= 4 is 17.5 Å². The third-order valence-corrected chi connectivity index (χ3v) is 4.58. The lowest BCUT2D eigenvalue weighted by Crippen LogP contribution is -2.18. The standard InChI is InChI=1S/C20H30O5/c1-2-3-6-9-15(21)12-13-17-16(18(22)14-19(17)23)10-7-4-5-8-11-20(24)25/h4,7,12-13,16-17,19,23H,2-3,5-6,8-11,14H2,1H3,(H,24,25)/b7-4-,13-12+/t16-,17?,19-/m1/s1. The number of hydrogen-bond acceptors (Lipinski definition) is 4. The number of rotatable bonds is 12. The molecule has 0 aliphatic heterocycles. The van der Waals surface area contributed by atoms with Crippen molar-refractivity contribution in [2.45, 2.75) is 70.8 Å². The lowest BCUT2D eigenvalue weighted by molar-refractivity contribution is -0.137. The van der Waals surface area contributed by atoms with Crippen LogP contribution in [0, 0.1) is 11.8 Å².